The highest BCUT2D eigenvalue weighted by Crippen LogP contribution is 2.28. The van der Waals surface area contributed by atoms with Gasteiger partial charge in [-0.3, -0.25) is 0 Å². The quantitative estimate of drug-likeness (QED) is 0.287. The minimum absolute atomic E-state index is 0.263. The SMILES string of the molecule is CCC=CCCCn1c(-c2ccco2)nc2c(N)nc(OCCc3ccccc3)nc21. The van der Waals surface area contributed by atoms with Gasteiger partial charge in [0.25, 0.3) is 0 Å². The third-order valence-corrected chi connectivity index (χ3v) is 4.96. The number of anilines is 1. The van der Waals surface area contributed by atoms with Crippen molar-refractivity contribution in [3.8, 4) is 17.6 Å². The molecule has 0 aliphatic heterocycles. The first-order valence-electron chi connectivity index (χ1n) is 10.7. The molecule has 0 saturated carbocycles. The number of nitrogen functional groups attached to an aromatic ring is 1. The standard InChI is InChI=1S/C24H27N5O2/c1-2-3-4-5-9-15-29-22(19-13-10-16-30-19)26-20-21(25)27-24(28-23(20)29)31-17-14-18-11-7-6-8-12-18/h3-4,6-8,10-13,16H,2,5,9,14-15,17H2,1H3,(H2,25,27,28). The van der Waals surface area contributed by atoms with E-state index in [4.69, 9.17) is 14.9 Å². The molecule has 0 aliphatic carbocycles. The van der Waals surface area contributed by atoms with Gasteiger partial charge in [0.05, 0.1) is 12.9 Å². The molecule has 0 saturated heterocycles. The summed E-state index contributed by atoms with van der Waals surface area (Å²) in [6.07, 6.45) is 9.75. The fourth-order valence-electron chi connectivity index (χ4n) is 3.43. The average Bonchev–Trinajstić information content (AvgIpc) is 3.43. The van der Waals surface area contributed by atoms with Gasteiger partial charge in [0.2, 0.25) is 0 Å². The molecule has 0 spiro atoms. The maximum Gasteiger partial charge on any atom is 0.320 e. The average molecular weight is 418 g/mol. The number of nitrogens with two attached hydrogens (primary N) is 1. The number of rotatable bonds is 10. The summed E-state index contributed by atoms with van der Waals surface area (Å²) in [6.45, 7) is 3.34. The van der Waals surface area contributed by atoms with Crippen molar-refractivity contribution in [1.29, 1.82) is 0 Å². The van der Waals surface area contributed by atoms with Crippen molar-refractivity contribution in [3.05, 3.63) is 66.4 Å². The Balaban J connectivity index is 1.59. The van der Waals surface area contributed by atoms with E-state index in [-0.39, 0.29) is 6.01 Å². The number of aromatic nitrogens is 4. The minimum Gasteiger partial charge on any atom is -0.463 e. The number of imidazole rings is 1. The molecular weight excluding hydrogens is 390 g/mol. The van der Waals surface area contributed by atoms with E-state index in [2.05, 4.69) is 46.2 Å². The number of furan rings is 1. The second kappa shape index (κ2) is 9.93. The molecule has 4 rings (SSSR count). The molecule has 3 heterocycles. The van der Waals surface area contributed by atoms with E-state index in [1.807, 2.05) is 34.9 Å². The van der Waals surface area contributed by atoms with Crippen molar-refractivity contribution in [2.75, 3.05) is 12.3 Å². The second-order valence-electron chi connectivity index (χ2n) is 7.23. The Labute approximate surface area is 181 Å². The van der Waals surface area contributed by atoms with Gasteiger partial charge in [0.1, 0.15) is 0 Å². The third kappa shape index (κ3) is 4.94. The van der Waals surface area contributed by atoms with E-state index in [0.29, 0.717) is 35.2 Å². The van der Waals surface area contributed by atoms with Crippen LogP contribution in [0, 0.1) is 0 Å². The van der Waals surface area contributed by atoms with E-state index in [0.717, 1.165) is 32.2 Å². The molecule has 3 aromatic heterocycles. The summed E-state index contributed by atoms with van der Waals surface area (Å²) in [5.74, 6) is 1.67. The predicted octanol–water partition coefficient (Wildman–Crippen LogP) is 5.04. The molecule has 0 fully saturated rings. The predicted molar refractivity (Wildman–Crippen MR) is 122 cm³/mol. The van der Waals surface area contributed by atoms with Crippen LogP contribution in [0.3, 0.4) is 0 Å². The van der Waals surface area contributed by atoms with Gasteiger partial charge in [0.15, 0.2) is 28.6 Å². The van der Waals surface area contributed by atoms with Gasteiger partial charge in [-0.05, 0) is 37.0 Å². The summed E-state index contributed by atoms with van der Waals surface area (Å²) in [7, 11) is 0. The number of unbranched alkanes of at least 4 members (excludes halogenated alkanes) is 1. The van der Waals surface area contributed by atoms with Crippen LogP contribution in [0.25, 0.3) is 22.7 Å². The molecule has 0 atom stereocenters. The van der Waals surface area contributed by atoms with Crippen LogP contribution in [0.2, 0.25) is 0 Å². The van der Waals surface area contributed by atoms with E-state index in [9.17, 15) is 0 Å². The maximum atomic E-state index is 6.22. The van der Waals surface area contributed by atoms with Crippen molar-refractivity contribution in [2.45, 2.75) is 39.2 Å². The molecule has 0 aliphatic rings. The van der Waals surface area contributed by atoms with Crippen LogP contribution in [0.5, 0.6) is 6.01 Å². The Hall–Kier alpha value is -3.61. The van der Waals surface area contributed by atoms with Crippen molar-refractivity contribution in [3.63, 3.8) is 0 Å². The summed E-state index contributed by atoms with van der Waals surface area (Å²) in [4.78, 5) is 13.6. The highest BCUT2D eigenvalue weighted by molar-refractivity contribution is 5.85. The molecule has 7 heteroatoms. The Morgan fingerprint density at radius 1 is 1.06 bits per heavy atom. The molecule has 160 valence electrons. The monoisotopic (exact) mass is 417 g/mol. The number of ether oxygens (including phenoxy) is 1. The molecule has 7 nitrogen and oxygen atoms in total. The largest absolute Gasteiger partial charge is 0.463 e. The zero-order valence-corrected chi connectivity index (χ0v) is 17.7. The molecule has 0 amide bonds. The van der Waals surface area contributed by atoms with Crippen LogP contribution in [-0.4, -0.2) is 26.1 Å². The number of allylic oxidation sites excluding steroid dienone is 2. The van der Waals surface area contributed by atoms with Gasteiger partial charge < -0.3 is 19.5 Å². The molecule has 0 bridgehead atoms. The van der Waals surface area contributed by atoms with Crippen LogP contribution < -0.4 is 10.5 Å². The summed E-state index contributed by atoms with van der Waals surface area (Å²) >= 11 is 0. The summed E-state index contributed by atoms with van der Waals surface area (Å²) < 4.78 is 13.5. The van der Waals surface area contributed by atoms with Crippen LogP contribution >= 0.6 is 0 Å². The Kier molecular flexibility index (Phi) is 6.62. The molecule has 0 unspecified atom stereocenters. The van der Waals surface area contributed by atoms with Crippen LogP contribution in [0.4, 0.5) is 5.82 Å². The van der Waals surface area contributed by atoms with E-state index in [1.165, 1.54) is 5.56 Å². The lowest BCUT2D eigenvalue weighted by Gasteiger charge is -2.08. The zero-order valence-electron chi connectivity index (χ0n) is 17.7. The number of hydrogen-bond donors (Lipinski definition) is 1. The van der Waals surface area contributed by atoms with Gasteiger partial charge in [-0.15, -0.1) is 0 Å². The van der Waals surface area contributed by atoms with Crippen LogP contribution in [0.1, 0.15) is 31.7 Å². The number of benzene rings is 1. The summed E-state index contributed by atoms with van der Waals surface area (Å²) in [5.41, 5.74) is 8.64. The lowest BCUT2D eigenvalue weighted by Crippen LogP contribution is -2.07. The number of hydrogen-bond acceptors (Lipinski definition) is 6. The molecule has 2 N–H and O–H groups in total. The van der Waals surface area contributed by atoms with E-state index >= 15 is 0 Å². The Bertz CT molecular complexity index is 1130. The first-order valence-corrected chi connectivity index (χ1v) is 10.7. The molecule has 4 aromatic rings. The van der Waals surface area contributed by atoms with Crippen molar-refractivity contribution in [2.24, 2.45) is 0 Å². The lowest BCUT2D eigenvalue weighted by molar-refractivity contribution is 0.297. The van der Waals surface area contributed by atoms with Gasteiger partial charge in [-0.25, -0.2) is 4.98 Å². The summed E-state index contributed by atoms with van der Waals surface area (Å²) in [6, 6.07) is 14.2. The van der Waals surface area contributed by atoms with Crippen molar-refractivity contribution >= 4 is 17.0 Å². The topological polar surface area (TPSA) is 92.0 Å². The highest BCUT2D eigenvalue weighted by atomic mass is 16.5. The Morgan fingerprint density at radius 2 is 1.94 bits per heavy atom. The van der Waals surface area contributed by atoms with Crippen molar-refractivity contribution < 1.29 is 9.15 Å². The third-order valence-electron chi connectivity index (χ3n) is 4.96. The van der Waals surface area contributed by atoms with E-state index < -0.39 is 0 Å². The summed E-state index contributed by atoms with van der Waals surface area (Å²) in [5, 5.41) is 0. The van der Waals surface area contributed by atoms with Crippen LogP contribution in [-0.2, 0) is 13.0 Å². The van der Waals surface area contributed by atoms with Gasteiger partial charge in [-0.2, -0.15) is 9.97 Å². The maximum absolute atomic E-state index is 6.22. The molecule has 1 aromatic carbocycles. The number of aryl methyl sites for hydroxylation is 1. The lowest BCUT2D eigenvalue weighted by atomic mass is 10.2. The minimum atomic E-state index is 0.263. The van der Waals surface area contributed by atoms with Gasteiger partial charge in [-0.1, -0.05) is 49.4 Å². The zero-order chi connectivity index (χ0) is 21.5. The smallest absolute Gasteiger partial charge is 0.320 e. The molecule has 0 radical (unpaired) electrons. The van der Waals surface area contributed by atoms with Gasteiger partial charge >= 0.3 is 6.01 Å². The normalized spacial score (nSPS) is 11.5. The number of nitrogens with zero attached hydrogens (tertiary/aromatic N) is 4. The fourth-order valence-corrected chi connectivity index (χ4v) is 3.43. The molecule has 31 heavy (non-hydrogen) atoms. The first-order chi connectivity index (χ1) is 15.3. The molecular formula is C24H27N5O2. The number of fused-ring (bicyclic) bond motifs is 1. The fraction of sp³-hybridized carbons (Fsp3) is 0.292. The van der Waals surface area contributed by atoms with Crippen molar-refractivity contribution in [1.82, 2.24) is 19.5 Å². The second-order valence-corrected chi connectivity index (χ2v) is 7.23. The van der Waals surface area contributed by atoms with Gasteiger partial charge in [0, 0.05) is 13.0 Å². The highest BCUT2D eigenvalue weighted by Gasteiger charge is 2.19. The Morgan fingerprint density at radius 3 is 2.71 bits per heavy atom. The first kappa shape index (κ1) is 20.7. The van der Waals surface area contributed by atoms with Crippen LogP contribution in [0.15, 0.2) is 65.3 Å². The van der Waals surface area contributed by atoms with E-state index in [1.54, 1.807) is 6.26 Å².